The standard InChI is InChI=1S/C11H9BN2O4S2/c15-11(16)7-4-19-9(14-7)10-13-6-2-1-5(12(17)18)3-8(6)20-10/h1-3,7,17-18H,4H2,(H,15,16). The predicted octanol–water partition coefficient (Wildman–Crippen LogP) is -0.0773. The van der Waals surface area contributed by atoms with Crippen molar-refractivity contribution in [2.24, 2.45) is 4.99 Å². The van der Waals surface area contributed by atoms with Crippen LogP contribution in [0.1, 0.15) is 5.01 Å². The zero-order valence-corrected chi connectivity index (χ0v) is 11.7. The number of nitrogens with zero attached hydrogens (tertiary/aromatic N) is 2. The van der Waals surface area contributed by atoms with Gasteiger partial charge in [0.15, 0.2) is 6.04 Å². The molecule has 3 rings (SSSR count). The number of carbonyl (C=O) groups is 1. The first-order valence-corrected chi connectivity index (χ1v) is 7.55. The topological polar surface area (TPSA) is 103 Å². The van der Waals surface area contributed by atoms with E-state index in [1.54, 1.807) is 18.2 Å². The third kappa shape index (κ3) is 2.45. The summed E-state index contributed by atoms with van der Waals surface area (Å²) in [6, 6.07) is 4.26. The van der Waals surface area contributed by atoms with Gasteiger partial charge in [-0.3, -0.25) is 4.99 Å². The van der Waals surface area contributed by atoms with Gasteiger partial charge in [-0.2, -0.15) is 0 Å². The lowest BCUT2D eigenvalue weighted by Crippen LogP contribution is -2.29. The van der Waals surface area contributed by atoms with Gasteiger partial charge in [-0.25, -0.2) is 9.78 Å². The van der Waals surface area contributed by atoms with Crippen LogP contribution in [0.3, 0.4) is 0 Å². The van der Waals surface area contributed by atoms with E-state index in [1.165, 1.54) is 23.1 Å². The SMILES string of the molecule is O=C(O)C1CSC(c2nc3ccc(B(O)O)cc3s2)=N1. The van der Waals surface area contributed by atoms with Gasteiger partial charge in [0, 0.05) is 5.75 Å². The van der Waals surface area contributed by atoms with E-state index in [2.05, 4.69) is 9.98 Å². The van der Waals surface area contributed by atoms with E-state index < -0.39 is 19.1 Å². The molecule has 1 aliphatic heterocycles. The maximum Gasteiger partial charge on any atom is 0.488 e. The fourth-order valence-electron chi connectivity index (χ4n) is 1.81. The quantitative estimate of drug-likeness (QED) is 0.686. The van der Waals surface area contributed by atoms with Gasteiger partial charge in [0.1, 0.15) is 10.1 Å². The Bertz CT molecular complexity index is 716. The van der Waals surface area contributed by atoms with E-state index in [9.17, 15) is 4.79 Å². The van der Waals surface area contributed by atoms with Crippen LogP contribution in [0.25, 0.3) is 10.2 Å². The highest BCUT2D eigenvalue weighted by Gasteiger charge is 2.27. The minimum atomic E-state index is -1.51. The molecule has 0 radical (unpaired) electrons. The molecule has 1 aromatic heterocycles. The van der Waals surface area contributed by atoms with Crippen LogP contribution in [0.5, 0.6) is 0 Å². The highest BCUT2D eigenvalue weighted by Crippen LogP contribution is 2.29. The number of carboxylic acids is 1. The number of aromatic nitrogens is 1. The van der Waals surface area contributed by atoms with Crippen molar-refractivity contribution in [3.05, 3.63) is 23.2 Å². The zero-order chi connectivity index (χ0) is 14.3. The van der Waals surface area contributed by atoms with E-state index in [0.717, 1.165) is 10.2 Å². The second-order valence-electron chi connectivity index (χ2n) is 4.22. The number of rotatable bonds is 3. The number of fused-ring (bicyclic) bond motifs is 1. The van der Waals surface area contributed by atoms with Crippen LogP contribution in [-0.4, -0.2) is 50.1 Å². The molecule has 0 aliphatic carbocycles. The van der Waals surface area contributed by atoms with Crippen molar-refractivity contribution in [3.63, 3.8) is 0 Å². The summed E-state index contributed by atoms with van der Waals surface area (Å²) in [7, 11) is -1.51. The Hall–Kier alpha value is -1.42. The summed E-state index contributed by atoms with van der Waals surface area (Å²) in [6.07, 6.45) is 0. The minimum Gasteiger partial charge on any atom is -0.480 e. The number of thiazole rings is 1. The molecular weight excluding hydrogens is 299 g/mol. The van der Waals surface area contributed by atoms with E-state index >= 15 is 0 Å². The van der Waals surface area contributed by atoms with Gasteiger partial charge < -0.3 is 15.2 Å². The van der Waals surface area contributed by atoms with E-state index in [0.29, 0.717) is 21.3 Å². The molecule has 1 aromatic carbocycles. The number of hydrogen-bond donors (Lipinski definition) is 3. The molecule has 0 amide bonds. The van der Waals surface area contributed by atoms with Gasteiger partial charge in [0.05, 0.1) is 10.2 Å². The summed E-state index contributed by atoms with van der Waals surface area (Å²) < 4.78 is 0.813. The van der Waals surface area contributed by atoms with Gasteiger partial charge in [0.2, 0.25) is 0 Å². The molecule has 20 heavy (non-hydrogen) atoms. The number of carboxylic acid groups (broad SMARTS) is 1. The molecule has 1 unspecified atom stereocenters. The minimum absolute atomic E-state index is 0.400. The fourth-order valence-corrected chi connectivity index (χ4v) is 3.92. The highest BCUT2D eigenvalue weighted by atomic mass is 32.2. The molecule has 0 saturated heterocycles. The number of aliphatic carboxylic acids is 1. The summed E-state index contributed by atoms with van der Waals surface area (Å²) in [5.74, 6) is -0.513. The average molecular weight is 308 g/mol. The normalized spacial score (nSPS) is 18.3. The van der Waals surface area contributed by atoms with Gasteiger partial charge >= 0.3 is 13.1 Å². The first-order chi connectivity index (χ1) is 9.54. The molecule has 2 aromatic rings. The van der Waals surface area contributed by atoms with Gasteiger partial charge in [-0.1, -0.05) is 6.07 Å². The van der Waals surface area contributed by atoms with Gasteiger partial charge in [-0.15, -0.1) is 23.1 Å². The Morgan fingerprint density at radius 3 is 2.85 bits per heavy atom. The van der Waals surface area contributed by atoms with Gasteiger partial charge in [0.25, 0.3) is 0 Å². The fraction of sp³-hybridized carbons (Fsp3) is 0.182. The Morgan fingerprint density at radius 1 is 1.40 bits per heavy atom. The molecule has 6 nitrogen and oxygen atoms in total. The first-order valence-electron chi connectivity index (χ1n) is 5.75. The molecule has 102 valence electrons. The molecule has 0 fully saturated rings. The molecule has 1 aliphatic rings. The number of hydrogen-bond acceptors (Lipinski definition) is 7. The van der Waals surface area contributed by atoms with Crippen LogP contribution in [0.2, 0.25) is 0 Å². The summed E-state index contributed by atoms with van der Waals surface area (Å²) in [5.41, 5.74) is 1.13. The predicted molar refractivity (Wildman–Crippen MR) is 79.9 cm³/mol. The largest absolute Gasteiger partial charge is 0.488 e. The molecule has 0 saturated carbocycles. The van der Waals surface area contributed by atoms with Crippen molar-refractivity contribution in [1.82, 2.24) is 4.98 Å². The van der Waals surface area contributed by atoms with Crippen molar-refractivity contribution >= 4 is 56.9 Å². The average Bonchev–Trinajstić information content (AvgIpc) is 3.04. The van der Waals surface area contributed by atoms with Crippen LogP contribution in [-0.2, 0) is 4.79 Å². The third-order valence-electron chi connectivity index (χ3n) is 2.83. The Morgan fingerprint density at radius 2 is 2.20 bits per heavy atom. The van der Waals surface area contributed by atoms with Crippen LogP contribution >= 0.6 is 23.1 Å². The van der Waals surface area contributed by atoms with Crippen molar-refractivity contribution in [1.29, 1.82) is 0 Å². The molecule has 9 heteroatoms. The third-order valence-corrected chi connectivity index (χ3v) is 5.04. The number of aliphatic imine (C=N–C) groups is 1. The maximum atomic E-state index is 10.9. The molecule has 2 heterocycles. The molecular formula is C11H9BN2O4S2. The van der Waals surface area contributed by atoms with Crippen LogP contribution in [0, 0.1) is 0 Å². The zero-order valence-electron chi connectivity index (χ0n) is 10.1. The van der Waals surface area contributed by atoms with Crippen molar-refractivity contribution < 1.29 is 19.9 Å². The van der Waals surface area contributed by atoms with Crippen LogP contribution in [0.4, 0.5) is 0 Å². The summed E-state index contributed by atoms with van der Waals surface area (Å²) in [4.78, 5) is 19.4. The van der Waals surface area contributed by atoms with Crippen LogP contribution in [0.15, 0.2) is 23.2 Å². The molecule has 0 spiro atoms. The van der Waals surface area contributed by atoms with E-state index in [-0.39, 0.29) is 0 Å². The van der Waals surface area contributed by atoms with E-state index in [1.807, 2.05) is 0 Å². The van der Waals surface area contributed by atoms with Crippen LogP contribution < -0.4 is 5.46 Å². The number of benzene rings is 1. The Labute approximate surface area is 122 Å². The monoisotopic (exact) mass is 308 g/mol. The summed E-state index contributed by atoms with van der Waals surface area (Å²) in [6.45, 7) is 0. The Balaban J connectivity index is 1.97. The maximum absolute atomic E-state index is 10.9. The molecule has 0 bridgehead atoms. The van der Waals surface area contributed by atoms with Crippen molar-refractivity contribution in [2.45, 2.75) is 6.04 Å². The lowest BCUT2D eigenvalue weighted by Gasteiger charge is -1.96. The van der Waals surface area contributed by atoms with Gasteiger partial charge in [-0.05, 0) is 17.6 Å². The van der Waals surface area contributed by atoms with Crippen molar-refractivity contribution in [2.75, 3.05) is 5.75 Å². The number of thioether (sulfide) groups is 1. The molecule has 3 N–H and O–H groups in total. The first kappa shape index (κ1) is 13.6. The van der Waals surface area contributed by atoms with E-state index in [4.69, 9.17) is 15.2 Å². The second kappa shape index (κ2) is 5.17. The molecule has 1 atom stereocenters. The summed E-state index contributed by atoms with van der Waals surface area (Å²) >= 11 is 2.74. The smallest absolute Gasteiger partial charge is 0.480 e. The highest BCUT2D eigenvalue weighted by molar-refractivity contribution is 8.15. The second-order valence-corrected chi connectivity index (χ2v) is 6.26. The van der Waals surface area contributed by atoms with Crippen molar-refractivity contribution in [3.8, 4) is 0 Å². The lowest BCUT2D eigenvalue weighted by atomic mass is 9.80. The summed E-state index contributed by atoms with van der Waals surface area (Å²) in [5, 5.41) is 28.5. The Kier molecular flexibility index (Phi) is 3.51. The lowest BCUT2D eigenvalue weighted by molar-refractivity contribution is -0.137.